The molecule has 2 N–H and O–H groups in total. The summed E-state index contributed by atoms with van der Waals surface area (Å²) in [4.78, 5) is 8.58. The van der Waals surface area contributed by atoms with E-state index in [2.05, 4.69) is 63.9 Å². The van der Waals surface area contributed by atoms with E-state index < -0.39 is 0 Å². The second-order valence-electron chi connectivity index (χ2n) is 6.66. The van der Waals surface area contributed by atoms with Crippen molar-refractivity contribution in [3.63, 3.8) is 0 Å². The van der Waals surface area contributed by atoms with Crippen LogP contribution < -0.4 is 15.4 Å². The number of halogens is 1. The lowest BCUT2D eigenvalue weighted by atomic mass is 10.1. The molecule has 0 bridgehead atoms. The average Bonchev–Trinajstić information content (AvgIpc) is 2.79. The molecule has 5 nitrogen and oxygen atoms in total. The highest BCUT2D eigenvalue weighted by Crippen LogP contribution is 2.14. The Morgan fingerprint density at radius 3 is 2.27 bits per heavy atom. The Kier molecular flexibility index (Phi) is 10.1. The molecule has 0 radical (unpaired) electrons. The van der Waals surface area contributed by atoms with E-state index in [1.807, 2.05) is 30.3 Å². The molecule has 0 fully saturated rings. The van der Waals surface area contributed by atoms with Crippen molar-refractivity contribution in [3.05, 3.63) is 95.3 Å². The quantitative estimate of drug-likeness (QED) is 0.259. The van der Waals surface area contributed by atoms with Gasteiger partial charge in [-0.15, -0.1) is 24.0 Å². The number of hydrogen-bond acceptors (Lipinski definition) is 3. The second kappa shape index (κ2) is 12.8. The lowest BCUT2D eigenvalue weighted by Gasteiger charge is -2.14. The minimum Gasteiger partial charge on any atom is -0.487 e. The van der Waals surface area contributed by atoms with Gasteiger partial charge in [-0.2, -0.15) is 0 Å². The minimum atomic E-state index is 0. The minimum absolute atomic E-state index is 0. The normalized spacial score (nSPS) is 10.8. The Hall–Kier alpha value is -2.61. The molecule has 0 unspecified atom stereocenters. The molecule has 30 heavy (non-hydrogen) atoms. The van der Waals surface area contributed by atoms with Gasteiger partial charge in [0, 0.05) is 26.3 Å². The predicted octanol–water partition coefficient (Wildman–Crippen LogP) is 4.71. The molecule has 158 valence electrons. The number of nitrogens with zero attached hydrogens (tertiary/aromatic N) is 2. The van der Waals surface area contributed by atoms with Crippen molar-refractivity contribution < 1.29 is 4.74 Å². The summed E-state index contributed by atoms with van der Waals surface area (Å²) in [5.41, 5.74) is 4.73. The van der Waals surface area contributed by atoms with Crippen LogP contribution in [0.25, 0.3) is 0 Å². The van der Waals surface area contributed by atoms with Gasteiger partial charge in [0.05, 0.1) is 5.69 Å². The highest BCUT2D eigenvalue weighted by molar-refractivity contribution is 14.0. The van der Waals surface area contributed by atoms with Crippen molar-refractivity contribution in [1.29, 1.82) is 0 Å². The van der Waals surface area contributed by atoms with Gasteiger partial charge in [-0.3, -0.25) is 9.98 Å². The van der Waals surface area contributed by atoms with Crippen molar-refractivity contribution in [2.45, 2.75) is 33.0 Å². The van der Waals surface area contributed by atoms with Crippen LogP contribution in [0.1, 0.15) is 29.3 Å². The number of hydrogen-bond donors (Lipinski definition) is 2. The summed E-state index contributed by atoms with van der Waals surface area (Å²) in [6.45, 7) is 4.09. The second-order valence-corrected chi connectivity index (χ2v) is 6.66. The predicted molar refractivity (Wildman–Crippen MR) is 133 cm³/mol. The Bertz CT molecular complexity index is 914. The molecule has 0 aliphatic carbocycles. The van der Waals surface area contributed by atoms with Gasteiger partial charge >= 0.3 is 0 Å². The topological polar surface area (TPSA) is 58.5 Å². The third kappa shape index (κ3) is 7.33. The van der Waals surface area contributed by atoms with E-state index in [1.54, 1.807) is 13.2 Å². The van der Waals surface area contributed by atoms with E-state index in [0.717, 1.165) is 35.9 Å². The maximum Gasteiger partial charge on any atom is 0.191 e. The Morgan fingerprint density at radius 2 is 1.60 bits per heavy atom. The van der Waals surface area contributed by atoms with Gasteiger partial charge in [-0.1, -0.05) is 49.4 Å². The van der Waals surface area contributed by atoms with Crippen molar-refractivity contribution in [2.75, 3.05) is 7.05 Å². The van der Waals surface area contributed by atoms with Crippen LogP contribution >= 0.6 is 24.0 Å². The summed E-state index contributed by atoms with van der Waals surface area (Å²) in [6.07, 6.45) is 2.80. The molecule has 3 aromatic rings. The SMILES string of the molecule is CCc1ccccc1CNC(=NC)NCc1ccc(OCc2ccccn2)cc1.I. The van der Waals surface area contributed by atoms with E-state index >= 15 is 0 Å². The first kappa shape index (κ1) is 23.7. The third-order valence-electron chi connectivity index (χ3n) is 4.67. The first-order valence-electron chi connectivity index (χ1n) is 9.91. The smallest absolute Gasteiger partial charge is 0.191 e. The number of aryl methyl sites for hydroxylation is 1. The fourth-order valence-corrected chi connectivity index (χ4v) is 3.00. The van der Waals surface area contributed by atoms with Crippen LogP contribution in [0.5, 0.6) is 5.75 Å². The number of nitrogens with one attached hydrogen (secondary N) is 2. The number of guanidine groups is 1. The third-order valence-corrected chi connectivity index (χ3v) is 4.67. The molecule has 3 rings (SSSR count). The van der Waals surface area contributed by atoms with Crippen LogP contribution in [0.15, 0.2) is 77.9 Å². The fourth-order valence-electron chi connectivity index (χ4n) is 3.00. The van der Waals surface area contributed by atoms with Gasteiger partial charge in [0.2, 0.25) is 0 Å². The Morgan fingerprint density at radius 1 is 0.900 bits per heavy atom. The van der Waals surface area contributed by atoms with Crippen LogP contribution in [-0.4, -0.2) is 18.0 Å². The zero-order valence-electron chi connectivity index (χ0n) is 17.5. The molecule has 0 saturated heterocycles. The van der Waals surface area contributed by atoms with Crippen molar-refractivity contribution >= 4 is 29.9 Å². The first-order chi connectivity index (χ1) is 14.3. The van der Waals surface area contributed by atoms with Crippen LogP contribution in [-0.2, 0) is 26.1 Å². The van der Waals surface area contributed by atoms with Crippen molar-refractivity contribution in [3.8, 4) is 5.75 Å². The number of ether oxygens (including phenoxy) is 1. The summed E-state index contributed by atoms with van der Waals surface area (Å²) < 4.78 is 5.78. The Balaban J connectivity index is 0.00000320. The zero-order valence-corrected chi connectivity index (χ0v) is 19.8. The van der Waals surface area contributed by atoms with Gasteiger partial charge < -0.3 is 15.4 Å². The highest BCUT2D eigenvalue weighted by atomic mass is 127. The molecular weight excluding hydrogens is 487 g/mol. The van der Waals surface area contributed by atoms with Crippen LogP contribution in [0.2, 0.25) is 0 Å². The van der Waals surface area contributed by atoms with Crippen molar-refractivity contribution in [2.24, 2.45) is 4.99 Å². The van der Waals surface area contributed by atoms with Gasteiger partial charge in [0.1, 0.15) is 12.4 Å². The Labute approximate surface area is 196 Å². The maximum atomic E-state index is 5.78. The number of aliphatic imine (C=N–C) groups is 1. The van der Waals surface area contributed by atoms with Gasteiger partial charge in [0.25, 0.3) is 0 Å². The molecular formula is C24H29IN4O. The van der Waals surface area contributed by atoms with Crippen LogP contribution in [0, 0.1) is 0 Å². The number of benzene rings is 2. The molecule has 0 saturated carbocycles. The van der Waals surface area contributed by atoms with Crippen LogP contribution in [0.3, 0.4) is 0 Å². The highest BCUT2D eigenvalue weighted by Gasteiger charge is 2.03. The first-order valence-corrected chi connectivity index (χ1v) is 9.91. The van der Waals surface area contributed by atoms with E-state index in [4.69, 9.17) is 4.74 Å². The van der Waals surface area contributed by atoms with E-state index in [9.17, 15) is 0 Å². The molecule has 0 atom stereocenters. The molecule has 1 heterocycles. The van der Waals surface area contributed by atoms with Gasteiger partial charge in [-0.05, 0) is 47.4 Å². The standard InChI is InChI=1S/C24H28N4O.HI/c1-3-20-8-4-5-9-21(20)17-28-24(25-2)27-16-19-11-13-23(14-12-19)29-18-22-10-6-7-15-26-22;/h4-15H,3,16-18H2,1-2H3,(H2,25,27,28);1H. The summed E-state index contributed by atoms with van der Waals surface area (Å²) >= 11 is 0. The summed E-state index contributed by atoms with van der Waals surface area (Å²) in [7, 11) is 1.79. The van der Waals surface area contributed by atoms with Crippen LogP contribution in [0.4, 0.5) is 0 Å². The van der Waals surface area contributed by atoms with E-state index in [-0.39, 0.29) is 24.0 Å². The lowest BCUT2D eigenvalue weighted by Crippen LogP contribution is -2.36. The van der Waals surface area contributed by atoms with Gasteiger partial charge in [-0.25, -0.2) is 0 Å². The van der Waals surface area contributed by atoms with Crippen molar-refractivity contribution in [1.82, 2.24) is 15.6 Å². The number of rotatable bonds is 8. The van der Waals surface area contributed by atoms with Gasteiger partial charge in [0.15, 0.2) is 5.96 Å². The average molecular weight is 516 g/mol. The molecule has 0 amide bonds. The van der Waals surface area contributed by atoms with E-state index in [1.165, 1.54) is 11.1 Å². The number of aromatic nitrogens is 1. The number of pyridine rings is 1. The molecule has 1 aromatic heterocycles. The summed E-state index contributed by atoms with van der Waals surface area (Å²) in [5, 5.41) is 6.75. The molecule has 0 aliphatic heterocycles. The molecule has 0 spiro atoms. The summed E-state index contributed by atoms with van der Waals surface area (Å²) in [5.74, 6) is 1.62. The summed E-state index contributed by atoms with van der Waals surface area (Å²) in [6, 6.07) is 22.4. The largest absolute Gasteiger partial charge is 0.487 e. The fraction of sp³-hybridized carbons (Fsp3) is 0.250. The molecule has 2 aromatic carbocycles. The maximum absolute atomic E-state index is 5.78. The zero-order chi connectivity index (χ0) is 20.3. The monoisotopic (exact) mass is 516 g/mol. The lowest BCUT2D eigenvalue weighted by molar-refractivity contribution is 0.301. The van der Waals surface area contributed by atoms with E-state index in [0.29, 0.717) is 13.2 Å². The molecule has 6 heteroatoms. The molecule has 0 aliphatic rings.